The maximum absolute atomic E-state index is 5.61. The average Bonchev–Trinajstić information content (AvgIpc) is 2.55. The Hall–Kier alpha value is -0.650. The molecule has 1 aromatic rings. The van der Waals surface area contributed by atoms with Crippen LogP contribution in [0.5, 0.6) is 0 Å². The Kier molecular flexibility index (Phi) is 4.15. The van der Waals surface area contributed by atoms with Gasteiger partial charge < -0.3 is 15.4 Å². The molecule has 2 N–H and O–H groups in total. The number of hydrogen-bond donors (Lipinski definition) is 1. The molecule has 4 nitrogen and oxygen atoms in total. The number of ether oxygens (including phenoxy) is 1. The Balaban J connectivity index is 1.80. The second-order valence-corrected chi connectivity index (χ2v) is 5.15. The first-order chi connectivity index (χ1) is 7.74. The molecule has 1 saturated heterocycles. The lowest BCUT2D eigenvalue weighted by Gasteiger charge is -2.20. The number of thiazole rings is 1. The third kappa shape index (κ3) is 3.43. The van der Waals surface area contributed by atoms with Crippen LogP contribution in [0.15, 0.2) is 5.38 Å². The van der Waals surface area contributed by atoms with Crippen LogP contribution in [0.25, 0.3) is 0 Å². The minimum atomic E-state index is 0.350. The van der Waals surface area contributed by atoms with Gasteiger partial charge in [-0.15, -0.1) is 11.3 Å². The highest BCUT2D eigenvalue weighted by Gasteiger charge is 2.14. The number of anilines is 1. The maximum atomic E-state index is 5.61. The third-order valence-corrected chi connectivity index (χ3v) is 3.51. The largest absolute Gasteiger partial charge is 0.377 e. The summed E-state index contributed by atoms with van der Waals surface area (Å²) in [4.78, 5) is 6.73. The Bertz CT molecular complexity index is 329. The van der Waals surface area contributed by atoms with E-state index in [1.54, 1.807) is 0 Å². The summed E-state index contributed by atoms with van der Waals surface area (Å²) in [5.41, 5.74) is 6.72. The molecule has 0 radical (unpaired) electrons. The van der Waals surface area contributed by atoms with E-state index in [2.05, 4.69) is 16.8 Å². The fourth-order valence-electron chi connectivity index (χ4n) is 1.99. The van der Waals surface area contributed by atoms with Gasteiger partial charge in [0.1, 0.15) is 0 Å². The molecule has 0 aliphatic carbocycles. The average molecular weight is 241 g/mol. The zero-order chi connectivity index (χ0) is 11.4. The molecule has 16 heavy (non-hydrogen) atoms. The number of rotatable bonds is 3. The van der Waals surface area contributed by atoms with Gasteiger partial charge in [0.15, 0.2) is 5.13 Å². The molecule has 1 aromatic heterocycles. The Labute approximate surface area is 100 Å². The van der Waals surface area contributed by atoms with Gasteiger partial charge in [0.2, 0.25) is 0 Å². The molecule has 2 rings (SSSR count). The highest BCUT2D eigenvalue weighted by Crippen LogP contribution is 2.12. The SMILES string of the molecule is CC1CN(CCc2csc(N)n2)CCCO1. The van der Waals surface area contributed by atoms with E-state index < -0.39 is 0 Å². The predicted molar refractivity (Wildman–Crippen MR) is 66.7 cm³/mol. The van der Waals surface area contributed by atoms with Crippen molar-refractivity contribution in [3.8, 4) is 0 Å². The number of hydrogen-bond acceptors (Lipinski definition) is 5. The fraction of sp³-hybridized carbons (Fsp3) is 0.727. The molecule has 1 aliphatic heterocycles. The van der Waals surface area contributed by atoms with Crippen LogP contribution in [0.4, 0.5) is 5.13 Å². The Morgan fingerprint density at radius 2 is 2.56 bits per heavy atom. The van der Waals surface area contributed by atoms with E-state index in [1.165, 1.54) is 11.3 Å². The van der Waals surface area contributed by atoms with Crippen molar-refractivity contribution in [2.45, 2.75) is 25.9 Å². The molecule has 1 fully saturated rings. The normalized spacial score (nSPS) is 23.2. The van der Waals surface area contributed by atoms with Gasteiger partial charge in [0.05, 0.1) is 11.8 Å². The van der Waals surface area contributed by atoms with Crippen molar-refractivity contribution < 1.29 is 4.74 Å². The summed E-state index contributed by atoms with van der Waals surface area (Å²) in [6.07, 6.45) is 2.47. The van der Waals surface area contributed by atoms with Crippen molar-refractivity contribution in [2.24, 2.45) is 0 Å². The highest BCUT2D eigenvalue weighted by atomic mass is 32.1. The van der Waals surface area contributed by atoms with Crippen LogP contribution in [0.3, 0.4) is 0 Å². The lowest BCUT2D eigenvalue weighted by Crippen LogP contribution is -2.32. The number of nitrogens with zero attached hydrogens (tertiary/aromatic N) is 2. The first-order valence-electron chi connectivity index (χ1n) is 5.78. The fourth-order valence-corrected chi connectivity index (χ4v) is 2.59. The first kappa shape index (κ1) is 11.8. The zero-order valence-corrected chi connectivity index (χ0v) is 10.5. The molecule has 1 unspecified atom stereocenters. The van der Waals surface area contributed by atoms with Crippen LogP contribution in [0.1, 0.15) is 19.0 Å². The van der Waals surface area contributed by atoms with Gasteiger partial charge in [-0.3, -0.25) is 0 Å². The van der Waals surface area contributed by atoms with Crippen molar-refractivity contribution in [2.75, 3.05) is 32.0 Å². The van der Waals surface area contributed by atoms with Gasteiger partial charge in [-0.05, 0) is 13.3 Å². The molecular formula is C11H19N3OS. The molecule has 1 aliphatic rings. The zero-order valence-electron chi connectivity index (χ0n) is 9.69. The van der Waals surface area contributed by atoms with E-state index in [0.717, 1.165) is 44.8 Å². The van der Waals surface area contributed by atoms with Gasteiger partial charge in [0, 0.05) is 38.0 Å². The van der Waals surface area contributed by atoms with Crippen molar-refractivity contribution >= 4 is 16.5 Å². The van der Waals surface area contributed by atoms with Gasteiger partial charge in [-0.1, -0.05) is 0 Å². The van der Waals surface area contributed by atoms with Crippen LogP contribution in [0.2, 0.25) is 0 Å². The van der Waals surface area contributed by atoms with E-state index in [0.29, 0.717) is 11.2 Å². The summed E-state index contributed by atoms with van der Waals surface area (Å²) in [5, 5.41) is 2.72. The van der Waals surface area contributed by atoms with Crippen molar-refractivity contribution in [3.63, 3.8) is 0 Å². The van der Waals surface area contributed by atoms with Crippen LogP contribution >= 0.6 is 11.3 Å². The topological polar surface area (TPSA) is 51.4 Å². The van der Waals surface area contributed by atoms with E-state index >= 15 is 0 Å². The summed E-state index contributed by atoms with van der Waals surface area (Å²) in [6.45, 7) is 6.24. The molecule has 0 spiro atoms. The van der Waals surface area contributed by atoms with Crippen molar-refractivity contribution in [1.29, 1.82) is 0 Å². The van der Waals surface area contributed by atoms with Crippen molar-refractivity contribution in [1.82, 2.24) is 9.88 Å². The number of nitrogens with two attached hydrogens (primary N) is 1. The van der Waals surface area contributed by atoms with Gasteiger partial charge in [0.25, 0.3) is 0 Å². The summed E-state index contributed by atoms with van der Waals surface area (Å²) < 4.78 is 5.61. The van der Waals surface area contributed by atoms with Gasteiger partial charge in [-0.25, -0.2) is 4.98 Å². The standard InChI is InChI=1S/C11H19N3OS/c1-9-7-14(4-2-6-15-9)5-3-10-8-16-11(12)13-10/h8-9H,2-7H2,1H3,(H2,12,13). The minimum Gasteiger partial charge on any atom is -0.377 e. The lowest BCUT2D eigenvalue weighted by molar-refractivity contribution is 0.0679. The molecular weight excluding hydrogens is 222 g/mol. The molecule has 1 atom stereocenters. The van der Waals surface area contributed by atoms with Gasteiger partial charge >= 0.3 is 0 Å². The molecule has 90 valence electrons. The molecule has 0 saturated carbocycles. The van der Waals surface area contributed by atoms with E-state index in [-0.39, 0.29) is 0 Å². The summed E-state index contributed by atoms with van der Waals surface area (Å²) in [7, 11) is 0. The second kappa shape index (κ2) is 5.61. The molecule has 0 amide bonds. The second-order valence-electron chi connectivity index (χ2n) is 4.26. The van der Waals surface area contributed by atoms with Crippen LogP contribution in [-0.2, 0) is 11.2 Å². The first-order valence-corrected chi connectivity index (χ1v) is 6.66. The van der Waals surface area contributed by atoms with E-state index in [9.17, 15) is 0 Å². The molecule has 0 bridgehead atoms. The maximum Gasteiger partial charge on any atom is 0.180 e. The molecule has 0 aromatic carbocycles. The number of nitrogen functional groups attached to an aromatic ring is 1. The summed E-state index contributed by atoms with van der Waals surface area (Å²) in [6, 6.07) is 0. The molecule has 5 heteroatoms. The highest BCUT2D eigenvalue weighted by molar-refractivity contribution is 7.13. The van der Waals surface area contributed by atoms with Crippen LogP contribution in [0, 0.1) is 0 Å². The third-order valence-electron chi connectivity index (χ3n) is 2.79. The number of aromatic nitrogens is 1. The lowest BCUT2D eigenvalue weighted by atomic mass is 10.3. The smallest absolute Gasteiger partial charge is 0.180 e. The van der Waals surface area contributed by atoms with E-state index in [1.807, 2.05) is 5.38 Å². The summed E-state index contributed by atoms with van der Waals surface area (Å²) >= 11 is 1.52. The minimum absolute atomic E-state index is 0.350. The van der Waals surface area contributed by atoms with Gasteiger partial charge in [-0.2, -0.15) is 0 Å². The Morgan fingerprint density at radius 1 is 1.69 bits per heavy atom. The summed E-state index contributed by atoms with van der Waals surface area (Å²) in [5.74, 6) is 0. The predicted octanol–water partition coefficient (Wildman–Crippen LogP) is 1.38. The Morgan fingerprint density at radius 3 is 3.31 bits per heavy atom. The van der Waals surface area contributed by atoms with E-state index in [4.69, 9.17) is 10.5 Å². The van der Waals surface area contributed by atoms with Crippen molar-refractivity contribution in [3.05, 3.63) is 11.1 Å². The monoisotopic (exact) mass is 241 g/mol. The van der Waals surface area contributed by atoms with Crippen LogP contribution in [-0.4, -0.2) is 42.2 Å². The quantitative estimate of drug-likeness (QED) is 0.868. The van der Waals surface area contributed by atoms with Crippen LogP contribution < -0.4 is 5.73 Å². The molecule has 2 heterocycles.